The molecule has 2 N–H and O–H groups in total. The van der Waals surface area contributed by atoms with Crippen molar-refractivity contribution in [2.24, 2.45) is 0 Å². The Bertz CT molecular complexity index is 1370. The van der Waals surface area contributed by atoms with E-state index in [0.29, 0.717) is 27.7 Å². The molecule has 0 unspecified atom stereocenters. The van der Waals surface area contributed by atoms with Crippen LogP contribution in [0.2, 0.25) is 5.02 Å². The largest absolute Gasteiger partial charge is 0.377 e. The molecule has 1 aliphatic carbocycles. The minimum Gasteiger partial charge on any atom is -0.377 e. The lowest BCUT2D eigenvalue weighted by Gasteiger charge is -2.24. The first-order valence-corrected chi connectivity index (χ1v) is 12.3. The maximum Gasteiger partial charge on any atom is 0.294 e. The van der Waals surface area contributed by atoms with Gasteiger partial charge < -0.3 is 15.2 Å². The Morgan fingerprint density at radius 2 is 1.89 bits per heavy atom. The van der Waals surface area contributed by atoms with Gasteiger partial charge in [0.05, 0.1) is 16.3 Å². The molecule has 180 valence electrons. The fourth-order valence-electron chi connectivity index (χ4n) is 5.20. The number of halogens is 1. The van der Waals surface area contributed by atoms with Crippen molar-refractivity contribution in [3.8, 4) is 5.69 Å². The summed E-state index contributed by atoms with van der Waals surface area (Å²) in [5.74, 6) is -0.180. The zero-order valence-electron chi connectivity index (χ0n) is 19.7. The van der Waals surface area contributed by atoms with Gasteiger partial charge in [0, 0.05) is 39.7 Å². The van der Waals surface area contributed by atoms with Gasteiger partial charge in [0.2, 0.25) is 0 Å². The van der Waals surface area contributed by atoms with E-state index in [1.807, 2.05) is 48.8 Å². The molecule has 35 heavy (non-hydrogen) atoms. The molecule has 1 amide bonds. The quantitative estimate of drug-likeness (QED) is 0.231. The van der Waals surface area contributed by atoms with Crippen molar-refractivity contribution in [2.45, 2.75) is 52.0 Å². The summed E-state index contributed by atoms with van der Waals surface area (Å²) in [5, 5.41) is 18.7. The molecule has 5 rings (SSSR count). The summed E-state index contributed by atoms with van der Waals surface area (Å²) in [6.07, 6.45) is 7.47. The summed E-state index contributed by atoms with van der Waals surface area (Å²) in [7, 11) is 0. The molecule has 3 aromatic rings. The molecule has 1 saturated carbocycles. The molecule has 0 radical (unpaired) electrons. The zero-order chi connectivity index (χ0) is 24.7. The Morgan fingerprint density at radius 1 is 1.11 bits per heavy atom. The fraction of sp³-hybridized carbons (Fsp3) is 0.296. The van der Waals surface area contributed by atoms with Gasteiger partial charge in [-0.15, -0.1) is 0 Å². The number of nitrogens with one attached hydrogen (secondary N) is 2. The standard InChI is InChI=1S/C27H27ClN4O3/c1-16-12-18(13-23-22-10-8-19(28)14-25(22)30-27(23)33)17(2)31(16)21-9-11-24(26(15-21)32(34)35)29-20-6-4-3-5-7-20/h8-15,20,29H,3-7H2,1-2H3,(H,30,33)/b23-13+. The highest BCUT2D eigenvalue weighted by atomic mass is 35.5. The van der Waals surface area contributed by atoms with Gasteiger partial charge in [-0.2, -0.15) is 0 Å². The first-order valence-electron chi connectivity index (χ1n) is 11.9. The molecular formula is C27H27ClN4O3. The molecule has 0 spiro atoms. The van der Waals surface area contributed by atoms with Gasteiger partial charge in [-0.1, -0.05) is 36.9 Å². The number of nitro groups is 1. The van der Waals surface area contributed by atoms with Crippen LogP contribution in [0.3, 0.4) is 0 Å². The van der Waals surface area contributed by atoms with E-state index in [4.69, 9.17) is 11.6 Å². The van der Waals surface area contributed by atoms with E-state index in [2.05, 4.69) is 10.6 Å². The number of fused-ring (bicyclic) bond motifs is 1. The molecule has 0 bridgehead atoms. The van der Waals surface area contributed by atoms with Crippen LogP contribution in [0.4, 0.5) is 17.1 Å². The van der Waals surface area contributed by atoms with Crippen LogP contribution in [0.1, 0.15) is 54.6 Å². The lowest BCUT2D eigenvalue weighted by Crippen LogP contribution is -2.22. The van der Waals surface area contributed by atoms with E-state index >= 15 is 0 Å². The lowest BCUT2D eigenvalue weighted by atomic mass is 9.95. The summed E-state index contributed by atoms with van der Waals surface area (Å²) >= 11 is 6.07. The van der Waals surface area contributed by atoms with Gasteiger partial charge in [0.1, 0.15) is 5.69 Å². The van der Waals surface area contributed by atoms with Gasteiger partial charge in [0.15, 0.2) is 0 Å². The van der Waals surface area contributed by atoms with Crippen LogP contribution in [-0.2, 0) is 4.79 Å². The first-order chi connectivity index (χ1) is 16.8. The lowest BCUT2D eigenvalue weighted by molar-refractivity contribution is -0.384. The van der Waals surface area contributed by atoms with E-state index < -0.39 is 0 Å². The van der Waals surface area contributed by atoms with E-state index in [1.54, 1.807) is 18.2 Å². The number of rotatable bonds is 5. The van der Waals surface area contributed by atoms with Crippen molar-refractivity contribution in [2.75, 3.05) is 10.6 Å². The maximum atomic E-state index is 12.6. The number of nitro benzene ring substituents is 1. The Morgan fingerprint density at radius 3 is 2.63 bits per heavy atom. The second-order valence-corrected chi connectivity index (χ2v) is 9.74. The number of aromatic nitrogens is 1. The monoisotopic (exact) mass is 490 g/mol. The highest BCUT2D eigenvalue weighted by molar-refractivity contribution is 6.36. The van der Waals surface area contributed by atoms with Gasteiger partial charge in [0.25, 0.3) is 11.6 Å². The van der Waals surface area contributed by atoms with Crippen LogP contribution < -0.4 is 10.6 Å². The van der Waals surface area contributed by atoms with E-state index in [0.717, 1.165) is 48.2 Å². The average Bonchev–Trinajstić information content (AvgIpc) is 3.29. The van der Waals surface area contributed by atoms with Gasteiger partial charge >= 0.3 is 0 Å². The fourth-order valence-corrected chi connectivity index (χ4v) is 5.37. The minimum absolute atomic E-state index is 0.0708. The Hall–Kier alpha value is -3.58. The summed E-state index contributed by atoms with van der Waals surface area (Å²) in [6.45, 7) is 3.91. The number of benzene rings is 2. The van der Waals surface area contributed by atoms with Crippen LogP contribution in [0.15, 0.2) is 42.5 Å². The second-order valence-electron chi connectivity index (χ2n) is 9.30. The second kappa shape index (κ2) is 9.23. The van der Waals surface area contributed by atoms with Gasteiger partial charge in [-0.3, -0.25) is 14.9 Å². The topological polar surface area (TPSA) is 89.2 Å². The van der Waals surface area contributed by atoms with E-state index in [-0.39, 0.29) is 22.6 Å². The van der Waals surface area contributed by atoms with Crippen LogP contribution >= 0.6 is 11.6 Å². The Balaban J connectivity index is 1.51. The average molecular weight is 491 g/mol. The van der Waals surface area contributed by atoms with Crippen molar-refractivity contribution in [3.05, 3.63) is 80.1 Å². The molecule has 7 nitrogen and oxygen atoms in total. The van der Waals surface area contributed by atoms with Crippen LogP contribution in [-0.4, -0.2) is 21.4 Å². The van der Waals surface area contributed by atoms with Crippen LogP contribution in [0.25, 0.3) is 17.3 Å². The first kappa shape index (κ1) is 23.2. The van der Waals surface area contributed by atoms with Crippen molar-refractivity contribution in [1.29, 1.82) is 0 Å². The molecule has 2 heterocycles. The number of nitrogens with zero attached hydrogens (tertiary/aromatic N) is 2. The molecule has 0 saturated heterocycles. The molecule has 2 aromatic carbocycles. The molecule has 8 heteroatoms. The third kappa shape index (κ3) is 4.44. The predicted molar refractivity (Wildman–Crippen MR) is 140 cm³/mol. The molecular weight excluding hydrogens is 464 g/mol. The summed E-state index contributed by atoms with van der Waals surface area (Å²) in [5.41, 5.74) is 6.11. The van der Waals surface area contributed by atoms with Gasteiger partial charge in [-0.05, 0) is 68.7 Å². The zero-order valence-corrected chi connectivity index (χ0v) is 20.5. The Labute approximate surface area is 208 Å². The van der Waals surface area contributed by atoms with Crippen molar-refractivity contribution in [1.82, 2.24) is 4.57 Å². The van der Waals surface area contributed by atoms with Crippen molar-refractivity contribution in [3.63, 3.8) is 0 Å². The highest BCUT2D eigenvalue weighted by Crippen LogP contribution is 2.37. The molecule has 1 aromatic heterocycles. The Kier molecular flexibility index (Phi) is 6.11. The number of hydrogen-bond acceptors (Lipinski definition) is 4. The summed E-state index contributed by atoms with van der Waals surface area (Å²) in [6, 6.07) is 12.9. The van der Waals surface area contributed by atoms with E-state index in [9.17, 15) is 14.9 Å². The number of aryl methyl sites for hydroxylation is 1. The number of hydrogen-bond donors (Lipinski definition) is 2. The minimum atomic E-state index is -0.323. The van der Waals surface area contributed by atoms with E-state index in [1.165, 1.54) is 6.42 Å². The molecule has 0 atom stereocenters. The number of carbonyl (C=O) groups is 1. The normalized spacial score (nSPS) is 16.9. The summed E-state index contributed by atoms with van der Waals surface area (Å²) < 4.78 is 1.99. The van der Waals surface area contributed by atoms with Gasteiger partial charge in [-0.25, -0.2) is 0 Å². The predicted octanol–water partition coefficient (Wildman–Crippen LogP) is 6.89. The number of anilines is 2. The summed E-state index contributed by atoms with van der Waals surface area (Å²) in [4.78, 5) is 24.2. The number of amides is 1. The SMILES string of the molecule is Cc1cc(/C=C2/C(=O)Nc3cc(Cl)ccc32)c(C)n1-c1ccc(NC2CCCCC2)c([N+](=O)[O-])c1. The van der Waals surface area contributed by atoms with Crippen molar-refractivity contribution < 1.29 is 9.72 Å². The number of carbonyl (C=O) groups excluding carboxylic acids is 1. The highest BCUT2D eigenvalue weighted by Gasteiger charge is 2.25. The smallest absolute Gasteiger partial charge is 0.294 e. The third-order valence-corrected chi connectivity index (χ3v) is 7.17. The van der Waals surface area contributed by atoms with Crippen molar-refractivity contribution >= 4 is 46.2 Å². The third-order valence-electron chi connectivity index (χ3n) is 6.94. The van der Waals surface area contributed by atoms with Crippen LogP contribution in [0.5, 0.6) is 0 Å². The maximum absolute atomic E-state index is 12.6. The van der Waals surface area contributed by atoms with Crippen LogP contribution in [0, 0.1) is 24.0 Å². The molecule has 2 aliphatic rings. The molecule has 1 fully saturated rings. The molecule has 1 aliphatic heterocycles.